The molecule has 1 heterocycles. The van der Waals surface area contributed by atoms with Gasteiger partial charge in [-0.3, -0.25) is 0 Å². The van der Waals surface area contributed by atoms with Gasteiger partial charge in [-0.15, -0.1) is 0 Å². The number of anilines is 1. The van der Waals surface area contributed by atoms with E-state index in [0.717, 1.165) is 12.1 Å². The van der Waals surface area contributed by atoms with Crippen molar-refractivity contribution in [2.45, 2.75) is 19.4 Å². The molecular formula is C13H14F2N2O. The Kier molecular flexibility index (Phi) is 3.48. The Balaban J connectivity index is 2.28. The Morgan fingerprint density at radius 2 is 2.06 bits per heavy atom. The van der Waals surface area contributed by atoms with E-state index >= 15 is 0 Å². The van der Waals surface area contributed by atoms with E-state index < -0.39 is 17.7 Å². The molecule has 1 N–H and O–H groups in total. The predicted molar refractivity (Wildman–Crippen MR) is 63.1 cm³/mol. The first-order chi connectivity index (χ1) is 8.52. The van der Waals surface area contributed by atoms with E-state index in [9.17, 15) is 13.9 Å². The number of halogens is 2. The molecule has 18 heavy (non-hydrogen) atoms. The number of hydrogen-bond acceptors (Lipinski definition) is 3. The first kappa shape index (κ1) is 12.8. The summed E-state index contributed by atoms with van der Waals surface area (Å²) in [5, 5.41) is 18.1. The lowest BCUT2D eigenvalue weighted by Crippen LogP contribution is -2.25. The molecule has 1 aromatic carbocycles. The first-order valence-electron chi connectivity index (χ1n) is 5.85. The molecule has 1 fully saturated rings. The standard InChI is InChI=1S/C13H14F2N2O/c1-8(18)10-2-3-17(7-10)13-11(14)4-9(6-16)5-12(13)15/h4-5,8,10,18H,2-3,7H2,1H3/t8-,10-/m0/s1. The van der Waals surface area contributed by atoms with Crippen LogP contribution in [0.4, 0.5) is 14.5 Å². The van der Waals surface area contributed by atoms with E-state index in [-0.39, 0.29) is 17.2 Å². The highest BCUT2D eigenvalue weighted by Gasteiger charge is 2.29. The van der Waals surface area contributed by atoms with Crippen molar-refractivity contribution in [3.8, 4) is 6.07 Å². The summed E-state index contributed by atoms with van der Waals surface area (Å²) < 4.78 is 27.6. The third kappa shape index (κ3) is 2.29. The van der Waals surface area contributed by atoms with E-state index in [4.69, 9.17) is 5.26 Å². The number of hydrogen-bond donors (Lipinski definition) is 1. The lowest BCUT2D eigenvalue weighted by atomic mass is 10.0. The summed E-state index contributed by atoms with van der Waals surface area (Å²) >= 11 is 0. The van der Waals surface area contributed by atoms with Crippen molar-refractivity contribution in [2.75, 3.05) is 18.0 Å². The number of aliphatic hydroxyl groups excluding tert-OH is 1. The number of nitriles is 1. The van der Waals surface area contributed by atoms with Gasteiger partial charge in [0.1, 0.15) is 5.69 Å². The maximum Gasteiger partial charge on any atom is 0.150 e. The average Bonchev–Trinajstić information content (AvgIpc) is 2.77. The molecule has 0 aliphatic carbocycles. The van der Waals surface area contributed by atoms with Crippen LogP contribution in [0.2, 0.25) is 0 Å². The molecule has 0 amide bonds. The maximum absolute atomic E-state index is 13.8. The lowest BCUT2D eigenvalue weighted by Gasteiger charge is -2.21. The minimum Gasteiger partial charge on any atom is -0.393 e. The molecule has 96 valence electrons. The Labute approximate surface area is 104 Å². The van der Waals surface area contributed by atoms with Crippen LogP contribution in [0.15, 0.2) is 12.1 Å². The van der Waals surface area contributed by atoms with Crippen molar-refractivity contribution >= 4 is 5.69 Å². The van der Waals surface area contributed by atoms with Gasteiger partial charge >= 0.3 is 0 Å². The SMILES string of the molecule is C[C@H](O)[C@H]1CCN(c2c(F)cc(C#N)cc2F)C1. The van der Waals surface area contributed by atoms with E-state index in [0.29, 0.717) is 19.5 Å². The second-order valence-corrected chi connectivity index (χ2v) is 4.64. The largest absolute Gasteiger partial charge is 0.393 e. The first-order valence-corrected chi connectivity index (χ1v) is 5.85. The zero-order valence-corrected chi connectivity index (χ0v) is 10.0. The molecule has 0 radical (unpaired) electrons. The van der Waals surface area contributed by atoms with Crippen molar-refractivity contribution in [2.24, 2.45) is 5.92 Å². The highest BCUT2D eigenvalue weighted by Crippen LogP contribution is 2.30. The molecule has 2 atom stereocenters. The number of aliphatic hydroxyl groups is 1. The van der Waals surface area contributed by atoms with Crippen LogP contribution in [0.3, 0.4) is 0 Å². The number of rotatable bonds is 2. The summed E-state index contributed by atoms with van der Waals surface area (Å²) in [7, 11) is 0. The summed E-state index contributed by atoms with van der Waals surface area (Å²) in [6.45, 7) is 2.62. The van der Waals surface area contributed by atoms with Gasteiger partial charge in [0.2, 0.25) is 0 Å². The van der Waals surface area contributed by atoms with Crippen LogP contribution < -0.4 is 4.90 Å². The van der Waals surface area contributed by atoms with Crippen LogP contribution in [-0.4, -0.2) is 24.3 Å². The van der Waals surface area contributed by atoms with Crippen LogP contribution in [0.1, 0.15) is 18.9 Å². The molecule has 0 aromatic heterocycles. The van der Waals surface area contributed by atoms with Gasteiger partial charge in [-0.05, 0) is 25.5 Å². The molecule has 1 aliphatic heterocycles. The quantitative estimate of drug-likeness (QED) is 0.876. The van der Waals surface area contributed by atoms with Crippen LogP contribution in [0.5, 0.6) is 0 Å². The molecule has 5 heteroatoms. The molecule has 0 spiro atoms. The van der Waals surface area contributed by atoms with Gasteiger partial charge in [0, 0.05) is 19.0 Å². The van der Waals surface area contributed by atoms with Crippen molar-refractivity contribution in [3.63, 3.8) is 0 Å². The summed E-state index contributed by atoms with van der Waals surface area (Å²) in [4.78, 5) is 1.59. The van der Waals surface area contributed by atoms with Crippen molar-refractivity contribution < 1.29 is 13.9 Å². The summed E-state index contributed by atoms with van der Waals surface area (Å²) in [5.74, 6) is -1.42. The van der Waals surface area contributed by atoms with E-state index in [1.54, 1.807) is 17.9 Å². The monoisotopic (exact) mass is 252 g/mol. The van der Waals surface area contributed by atoms with Gasteiger partial charge in [0.25, 0.3) is 0 Å². The number of nitrogens with zero attached hydrogens (tertiary/aromatic N) is 2. The molecule has 1 saturated heterocycles. The highest BCUT2D eigenvalue weighted by molar-refractivity contribution is 5.53. The molecular weight excluding hydrogens is 238 g/mol. The minimum atomic E-state index is -0.724. The number of benzene rings is 1. The summed E-state index contributed by atoms with van der Waals surface area (Å²) in [6.07, 6.45) is 0.218. The zero-order valence-electron chi connectivity index (χ0n) is 10.0. The van der Waals surface area contributed by atoms with Crippen molar-refractivity contribution in [1.29, 1.82) is 5.26 Å². The van der Waals surface area contributed by atoms with Crippen molar-refractivity contribution in [3.05, 3.63) is 29.3 Å². The summed E-state index contributed by atoms with van der Waals surface area (Å²) in [6, 6.07) is 3.79. The van der Waals surface area contributed by atoms with Crippen molar-refractivity contribution in [1.82, 2.24) is 0 Å². The fraction of sp³-hybridized carbons (Fsp3) is 0.462. The van der Waals surface area contributed by atoms with Gasteiger partial charge in [0.15, 0.2) is 11.6 Å². The Morgan fingerprint density at radius 1 is 1.44 bits per heavy atom. The highest BCUT2D eigenvalue weighted by atomic mass is 19.1. The zero-order chi connectivity index (χ0) is 13.3. The average molecular weight is 252 g/mol. The van der Waals surface area contributed by atoms with Gasteiger partial charge in [-0.1, -0.05) is 0 Å². The molecule has 0 unspecified atom stereocenters. The third-order valence-electron chi connectivity index (χ3n) is 3.37. The fourth-order valence-electron chi connectivity index (χ4n) is 2.32. The van der Waals surface area contributed by atoms with Crippen LogP contribution in [0.25, 0.3) is 0 Å². The minimum absolute atomic E-state index is 0.0273. The molecule has 1 aliphatic rings. The third-order valence-corrected chi connectivity index (χ3v) is 3.37. The van der Waals surface area contributed by atoms with Gasteiger partial charge < -0.3 is 10.0 Å². The Hall–Kier alpha value is -1.67. The Bertz CT molecular complexity index is 473. The maximum atomic E-state index is 13.8. The Morgan fingerprint density at radius 3 is 2.50 bits per heavy atom. The smallest absolute Gasteiger partial charge is 0.150 e. The van der Waals surface area contributed by atoms with E-state index in [1.807, 2.05) is 0 Å². The normalized spacial score (nSPS) is 20.8. The second kappa shape index (κ2) is 4.91. The molecule has 1 aromatic rings. The van der Waals surface area contributed by atoms with Crippen LogP contribution in [-0.2, 0) is 0 Å². The molecule has 3 nitrogen and oxygen atoms in total. The topological polar surface area (TPSA) is 47.3 Å². The molecule has 0 saturated carbocycles. The summed E-state index contributed by atoms with van der Waals surface area (Å²) in [5.41, 5.74) is -0.128. The molecule has 0 bridgehead atoms. The fourth-order valence-corrected chi connectivity index (χ4v) is 2.32. The molecule has 2 rings (SSSR count). The van der Waals surface area contributed by atoms with Gasteiger partial charge in [-0.25, -0.2) is 8.78 Å². The predicted octanol–water partition coefficient (Wildman–Crippen LogP) is 2.04. The lowest BCUT2D eigenvalue weighted by molar-refractivity contribution is 0.136. The van der Waals surface area contributed by atoms with Crippen LogP contribution in [0, 0.1) is 28.9 Å². The van der Waals surface area contributed by atoms with E-state index in [2.05, 4.69) is 0 Å². The van der Waals surface area contributed by atoms with Gasteiger partial charge in [-0.2, -0.15) is 5.26 Å². The second-order valence-electron chi connectivity index (χ2n) is 4.64. The van der Waals surface area contributed by atoms with E-state index in [1.165, 1.54) is 0 Å². The van der Waals surface area contributed by atoms with Crippen LogP contribution >= 0.6 is 0 Å². The van der Waals surface area contributed by atoms with Gasteiger partial charge in [0.05, 0.1) is 17.7 Å².